The number of carbonyl (C=O) groups excluding carboxylic acids is 1. The molecule has 25 heavy (non-hydrogen) atoms. The number of benzene rings is 2. The lowest BCUT2D eigenvalue weighted by Gasteiger charge is -2.24. The SMILES string of the molecule is COc1ccc(C2=NN(Cc3ccccc3Cl)C(=O)CC2)cc1OC. The fourth-order valence-corrected chi connectivity index (χ4v) is 2.93. The molecule has 1 amide bonds. The fourth-order valence-electron chi connectivity index (χ4n) is 2.74. The van der Waals surface area contributed by atoms with E-state index in [-0.39, 0.29) is 5.91 Å². The van der Waals surface area contributed by atoms with Gasteiger partial charge in [0.15, 0.2) is 11.5 Å². The third kappa shape index (κ3) is 3.77. The maximum Gasteiger partial charge on any atom is 0.243 e. The second-order valence-corrected chi connectivity index (χ2v) is 6.07. The van der Waals surface area contributed by atoms with E-state index in [1.807, 2.05) is 42.5 Å². The Hall–Kier alpha value is -2.53. The predicted octanol–water partition coefficient (Wildman–Crippen LogP) is 3.88. The summed E-state index contributed by atoms with van der Waals surface area (Å²) in [6.45, 7) is 0.356. The Labute approximate surface area is 151 Å². The fraction of sp³-hybridized carbons (Fsp3) is 0.263. The first-order valence-corrected chi connectivity index (χ1v) is 8.34. The van der Waals surface area contributed by atoms with E-state index >= 15 is 0 Å². The highest BCUT2D eigenvalue weighted by atomic mass is 35.5. The molecule has 0 saturated carbocycles. The number of hydrogen-bond donors (Lipinski definition) is 0. The molecule has 0 bridgehead atoms. The largest absolute Gasteiger partial charge is 0.493 e. The van der Waals surface area contributed by atoms with Gasteiger partial charge >= 0.3 is 0 Å². The molecule has 0 atom stereocenters. The lowest BCUT2D eigenvalue weighted by Crippen LogP contribution is -2.31. The third-order valence-corrected chi connectivity index (χ3v) is 4.47. The van der Waals surface area contributed by atoms with Crippen LogP contribution in [0.2, 0.25) is 5.02 Å². The van der Waals surface area contributed by atoms with E-state index in [2.05, 4.69) is 5.10 Å². The first-order valence-electron chi connectivity index (χ1n) is 7.96. The number of ether oxygens (including phenoxy) is 2. The number of nitrogens with zero attached hydrogens (tertiary/aromatic N) is 2. The number of hydrogen-bond acceptors (Lipinski definition) is 4. The predicted molar refractivity (Wildman–Crippen MR) is 97.3 cm³/mol. The van der Waals surface area contributed by atoms with E-state index in [9.17, 15) is 4.79 Å². The van der Waals surface area contributed by atoms with Crippen LogP contribution in [0.3, 0.4) is 0 Å². The van der Waals surface area contributed by atoms with Crippen LogP contribution in [-0.2, 0) is 11.3 Å². The van der Waals surface area contributed by atoms with Gasteiger partial charge in [-0.05, 0) is 29.8 Å². The van der Waals surface area contributed by atoms with E-state index in [0.717, 1.165) is 16.8 Å². The summed E-state index contributed by atoms with van der Waals surface area (Å²) in [5.74, 6) is 1.29. The van der Waals surface area contributed by atoms with Gasteiger partial charge in [0.2, 0.25) is 5.91 Å². The quantitative estimate of drug-likeness (QED) is 0.814. The van der Waals surface area contributed by atoms with Gasteiger partial charge in [-0.25, -0.2) is 5.01 Å². The van der Waals surface area contributed by atoms with Crippen molar-refractivity contribution >= 4 is 23.2 Å². The van der Waals surface area contributed by atoms with Crippen molar-refractivity contribution in [2.24, 2.45) is 5.10 Å². The summed E-state index contributed by atoms with van der Waals surface area (Å²) in [5.41, 5.74) is 2.62. The summed E-state index contributed by atoms with van der Waals surface area (Å²) < 4.78 is 10.6. The van der Waals surface area contributed by atoms with E-state index in [1.165, 1.54) is 5.01 Å². The second-order valence-electron chi connectivity index (χ2n) is 5.66. The van der Waals surface area contributed by atoms with Crippen LogP contribution in [0, 0.1) is 0 Å². The molecule has 0 saturated heterocycles. The van der Waals surface area contributed by atoms with Crippen molar-refractivity contribution in [3.05, 3.63) is 58.6 Å². The second kappa shape index (κ2) is 7.57. The molecule has 130 valence electrons. The van der Waals surface area contributed by atoms with Crippen LogP contribution in [-0.4, -0.2) is 30.8 Å². The normalized spacial score (nSPS) is 14.3. The first kappa shape index (κ1) is 17.3. The van der Waals surface area contributed by atoms with Gasteiger partial charge in [-0.3, -0.25) is 4.79 Å². The van der Waals surface area contributed by atoms with Gasteiger partial charge in [-0.1, -0.05) is 29.8 Å². The van der Waals surface area contributed by atoms with E-state index < -0.39 is 0 Å². The van der Waals surface area contributed by atoms with E-state index in [0.29, 0.717) is 35.9 Å². The number of carbonyl (C=O) groups is 1. The zero-order chi connectivity index (χ0) is 17.8. The molecular weight excluding hydrogens is 340 g/mol. The molecule has 0 N–H and O–H groups in total. The molecule has 1 aliphatic rings. The third-order valence-electron chi connectivity index (χ3n) is 4.10. The number of methoxy groups -OCH3 is 2. The highest BCUT2D eigenvalue weighted by Gasteiger charge is 2.22. The minimum absolute atomic E-state index is 0.0100. The molecule has 2 aromatic carbocycles. The van der Waals surface area contributed by atoms with Crippen LogP contribution in [0.25, 0.3) is 0 Å². The molecule has 1 heterocycles. The maximum atomic E-state index is 12.2. The van der Waals surface area contributed by atoms with Crippen molar-refractivity contribution in [1.82, 2.24) is 5.01 Å². The zero-order valence-corrected chi connectivity index (χ0v) is 14.9. The van der Waals surface area contributed by atoms with Crippen molar-refractivity contribution in [2.75, 3.05) is 14.2 Å². The lowest BCUT2D eigenvalue weighted by atomic mass is 10.0. The summed E-state index contributed by atoms with van der Waals surface area (Å²) in [4.78, 5) is 12.2. The van der Waals surface area contributed by atoms with Crippen LogP contribution in [0.5, 0.6) is 11.5 Å². The average Bonchev–Trinajstić information content (AvgIpc) is 2.64. The molecule has 2 aromatic rings. The molecule has 6 heteroatoms. The Balaban J connectivity index is 1.89. The highest BCUT2D eigenvalue weighted by Crippen LogP contribution is 2.29. The molecule has 0 spiro atoms. The molecule has 0 fully saturated rings. The molecular formula is C19H19ClN2O3. The summed E-state index contributed by atoms with van der Waals surface area (Å²) >= 11 is 6.20. The average molecular weight is 359 g/mol. The topological polar surface area (TPSA) is 51.1 Å². The minimum atomic E-state index is -0.0100. The maximum absolute atomic E-state index is 12.2. The van der Waals surface area contributed by atoms with Gasteiger partial charge in [0, 0.05) is 23.4 Å². The van der Waals surface area contributed by atoms with Crippen LogP contribution in [0.1, 0.15) is 24.0 Å². The zero-order valence-electron chi connectivity index (χ0n) is 14.2. The van der Waals surface area contributed by atoms with Crippen molar-refractivity contribution < 1.29 is 14.3 Å². The molecule has 3 rings (SSSR count). The molecule has 0 radical (unpaired) electrons. The van der Waals surface area contributed by atoms with Gasteiger partial charge in [-0.2, -0.15) is 5.10 Å². The van der Waals surface area contributed by atoms with Crippen LogP contribution >= 0.6 is 11.6 Å². The number of amides is 1. The lowest BCUT2D eigenvalue weighted by molar-refractivity contribution is -0.132. The Bertz CT molecular complexity index is 820. The monoisotopic (exact) mass is 358 g/mol. The van der Waals surface area contributed by atoms with Crippen molar-refractivity contribution in [1.29, 1.82) is 0 Å². The van der Waals surface area contributed by atoms with E-state index in [4.69, 9.17) is 21.1 Å². The highest BCUT2D eigenvalue weighted by molar-refractivity contribution is 6.31. The van der Waals surface area contributed by atoms with Crippen LogP contribution < -0.4 is 9.47 Å². The van der Waals surface area contributed by atoms with Gasteiger partial charge in [-0.15, -0.1) is 0 Å². The molecule has 0 aromatic heterocycles. The summed E-state index contributed by atoms with van der Waals surface area (Å²) in [5, 5.41) is 6.66. The minimum Gasteiger partial charge on any atom is -0.493 e. The number of halogens is 1. The molecule has 5 nitrogen and oxygen atoms in total. The van der Waals surface area contributed by atoms with Gasteiger partial charge in [0.25, 0.3) is 0 Å². The van der Waals surface area contributed by atoms with Gasteiger partial charge in [0.05, 0.1) is 26.5 Å². The van der Waals surface area contributed by atoms with Crippen LogP contribution in [0.4, 0.5) is 0 Å². The van der Waals surface area contributed by atoms with Crippen molar-refractivity contribution in [3.63, 3.8) is 0 Å². The summed E-state index contributed by atoms with van der Waals surface area (Å²) in [6.07, 6.45) is 1.00. The van der Waals surface area contributed by atoms with E-state index in [1.54, 1.807) is 14.2 Å². The van der Waals surface area contributed by atoms with Crippen molar-refractivity contribution in [2.45, 2.75) is 19.4 Å². The Kier molecular flexibility index (Phi) is 5.24. The standard InChI is InChI=1S/C19H19ClN2O3/c1-24-17-9-7-13(11-18(17)25-2)16-8-10-19(23)22(21-16)12-14-5-3-4-6-15(14)20/h3-7,9,11H,8,10,12H2,1-2H3. The van der Waals surface area contributed by atoms with Gasteiger partial charge in [0.1, 0.15) is 0 Å². The number of rotatable bonds is 5. The number of hydrazone groups is 1. The van der Waals surface area contributed by atoms with Gasteiger partial charge < -0.3 is 9.47 Å². The van der Waals surface area contributed by atoms with Crippen LogP contribution in [0.15, 0.2) is 47.6 Å². The van der Waals surface area contributed by atoms with Crippen molar-refractivity contribution in [3.8, 4) is 11.5 Å². The Morgan fingerprint density at radius 1 is 1.08 bits per heavy atom. The molecule has 0 unspecified atom stereocenters. The summed E-state index contributed by atoms with van der Waals surface area (Å²) in [7, 11) is 3.19. The smallest absolute Gasteiger partial charge is 0.243 e. The molecule has 0 aliphatic carbocycles. The molecule has 1 aliphatic heterocycles. The Morgan fingerprint density at radius 3 is 2.56 bits per heavy atom. The summed E-state index contributed by atoms with van der Waals surface area (Å²) in [6, 6.07) is 13.1. The Morgan fingerprint density at radius 2 is 1.84 bits per heavy atom. The first-order chi connectivity index (χ1) is 12.1.